The van der Waals surface area contributed by atoms with E-state index in [1.54, 1.807) is 4.90 Å². The fraction of sp³-hybridized carbons (Fsp3) is 0.444. The first-order valence-corrected chi connectivity index (χ1v) is 12.1. The maximum absolute atomic E-state index is 13.1. The van der Waals surface area contributed by atoms with E-state index < -0.39 is 18.1 Å². The van der Waals surface area contributed by atoms with Crippen LogP contribution in [-0.4, -0.2) is 53.7 Å². The van der Waals surface area contributed by atoms with E-state index in [0.717, 1.165) is 28.7 Å². The molecule has 2 aromatic rings. The van der Waals surface area contributed by atoms with E-state index in [2.05, 4.69) is 29.6 Å². The number of nitrogens with zero attached hydrogens (tertiary/aromatic N) is 1. The molecule has 1 saturated heterocycles. The Hall–Kier alpha value is -3.35. The molecule has 1 heterocycles. The molecule has 2 aromatic carbocycles. The van der Waals surface area contributed by atoms with Gasteiger partial charge in [0.05, 0.1) is 0 Å². The van der Waals surface area contributed by atoms with Gasteiger partial charge >= 0.3 is 12.1 Å². The summed E-state index contributed by atoms with van der Waals surface area (Å²) >= 11 is 0. The first-order valence-electron chi connectivity index (χ1n) is 12.1. The Labute approximate surface area is 200 Å². The molecular formula is C27H32N2O5. The first kappa shape index (κ1) is 23.8. The van der Waals surface area contributed by atoms with Gasteiger partial charge in [0.2, 0.25) is 5.91 Å². The zero-order valence-corrected chi connectivity index (χ0v) is 19.5. The minimum atomic E-state index is -0.800. The van der Waals surface area contributed by atoms with E-state index >= 15 is 0 Å². The highest BCUT2D eigenvalue weighted by Gasteiger charge is 2.32. The minimum Gasteiger partial charge on any atom is -0.481 e. The molecule has 180 valence electrons. The summed E-state index contributed by atoms with van der Waals surface area (Å²) < 4.78 is 5.63. The van der Waals surface area contributed by atoms with Gasteiger partial charge in [0, 0.05) is 25.4 Å². The van der Waals surface area contributed by atoms with Crippen LogP contribution in [0, 0.1) is 5.92 Å². The summed E-state index contributed by atoms with van der Waals surface area (Å²) in [4.78, 5) is 38.5. The highest BCUT2D eigenvalue weighted by molar-refractivity contribution is 5.86. The summed E-state index contributed by atoms with van der Waals surface area (Å²) in [7, 11) is 0. The molecule has 1 aliphatic heterocycles. The summed E-state index contributed by atoms with van der Waals surface area (Å²) in [5.74, 6) is -0.859. The number of rotatable bonds is 8. The standard InChI is InChI=1S/C27H32N2O5/c1-2-7-24(26(32)29-14-12-18(13-15-29)16-25(30)31)28-27(33)34-17-23-21-10-5-3-8-19(21)20-9-4-6-11-22(20)23/h3-6,8-11,18,23-24H,2,7,12-17H2,1H3,(H,28,33)(H,30,31)/t24-/m0/s1. The Morgan fingerprint density at radius 2 is 1.62 bits per heavy atom. The largest absolute Gasteiger partial charge is 0.481 e. The van der Waals surface area contributed by atoms with Crippen LogP contribution in [0.25, 0.3) is 11.1 Å². The van der Waals surface area contributed by atoms with Crippen LogP contribution >= 0.6 is 0 Å². The highest BCUT2D eigenvalue weighted by Crippen LogP contribution is 2.44. The number of alkyl carbamates (subject to hydrolysis) is 1. The van der Waals surface area contributed by atoms with Crippen molar-refractivity contribution in [1.82, 2.24) is 10.2 Å². The number of fused-ring (bicyclic) bond motifs is 3. The monoisotopic (exact) mass is 464 g/mol. The molecule has 2 N–H and O–H groups in total. The van der Waals surface area contributed by atoms with Gasteiger partial charge in [0.25, 0.3) is 0 Å². The Morgan fingerprint density at radius 1 is 1.03 bits per heavy atom. The topological polar surface area (TPSA) is 95.9 Å². The molecule has 0 unspecified atom stereocenters. The molecule has 34 heavy (non-hydrogen) atoms. The van der Waals surface area contributed by atoms with E-state index in [1.807, 2.05) is 31.2 Å². The molecule has 1 fully saturated rings. The number of carboxylic acid groups (broad SMARTS) is 1. The number of ether oxygens (including phenoxy) is 1. The van der Waals surface area contributed by atoms with Crippen molar-refractivity contribution in [2.24, 2.45) is 5.92 Å². The fourth-order valence-corrected chi connectivity index (χ4v) is 5.15. The maximum atomic E-state index is 13.1. The molecule has 1 atom stereocenters. The average Bonchev–Trinajstić information content (AvgIpc) is 3.16. The summed E-state index contributed by atoms with van der Waals surface area (Å²) in [5.41, 5.74) is 4.61. The van der Waals surface area contributed by atoms with Gasteiger partial charge in [0.15, 0.2) is 0 Å². The van der Waals surface area contributed by atoms with Crippen LogP contribution in [0.3, 0.4) is 0 Å². The molecule has 2 aliphatic rings. The quantitative estimate of drug-likeness (QED) is 0.603. The molecule has 0 aromatic heterocycles. The molecule has 1 aliphatic carbocycles. The van der Waals surface area contributed by atoms with Crippen molar-refractivity contribution in [3.63, 3.8) is 0 Å². The first-order chi connectivity index (χ1) is 16.5. The molecule has 7 heteroatoms. The lowest BCUT2D eigenvalue weighted by Gasteiger charge is -2.34. The normalized spacial score (nSPS) is 16.4. The second-order valence-corrected chi connectivity index (χ2v) is 9.18. The van der Waals surface area contributed by atoms with Gasteiger partial charge < -0.3 is 20.1 Å². The summed E-state index contributed by atoms with van der Waals surface area (Å²) in [6.45, 7) is 3.21. The smallest absolute Gasteiger partial charge is 0.407 e. The van der Waals surface area contributed by atoms with Crippen LogP contribution in [0.4, 0.5) is 4.79 Å². The van der Waals surface area contributed by atoms with E-state index in [4.69, 9.17) is 9.84 Å². The van der Waals surface area contributed by atoms with Crippen LogP contribution in [-0.2, 0) is 14.3 Å². The molecule has 0 bridgehead atoms. The van der Waals surface area contributed by atoms with Crippen LogP contribution < -0.4 is 5.32 Å². The molecular weight excluding hydrogens is 432 g/mol. The number of likely N-dealkylation sites (tertiary alicyclic amines) is 1. The number of carbonyl (C=O) groups excluding carboxylic acids is 2. The molecule has 0 saturated carbocycles. The van der Waals surface area contributed by atoms with Crippen molar-refractivity contribution < 1.29 is 24.2 Å². The summed E-state index contributed by atoms with van der Waals surface area (Å²) in [5, 5.41) is 11.8. The number of amides is 2. The Morgan fingerprint density at radius 3 is 2.18 bits per heavy atom. The van der Waals surface area contributed by atoms with E-state index in [9.17, 15) is 14.4 Å². The summed E-state index contributed by atoms with van der Waals surface area (Å²) in [6.07, 6.45) is 2.16. The number of hydrogen-bond donors (Lipinski definition) is 2. The second-order valence-electron chi connectivity index (χ2n) is 9.18. The van der Waals surface area contributed by atoms with Crippen molar-refractivity contribution >= 4 is 18.0 Å². The molecule has 2 amide bonds. The molecule has 0 spiro atoms. The minimum absolute atomic E-state index is 0.0354. The van der Waals surface area contributed by atoms with E-state index in [1.165, 1.54) is 0 Å². The van der Waals surface area contributed by atoms with E-state index in [0.29, 0.717) is 32.4 Å². The van der Waals surface area contributed by atoms with Crippen LogP contribution in [0.2, 0.25) is 0 Å². The number of hydrogen-bond acceptors (Lipinski definition) is 4. The van der Waals surface area contributed by atoms with Crippen LogP contribution in [0.1, 0.15) is 56.1 Å². The third kappa shape index (κ3) is 5.24. The molecule has 0 radical (unpaired) electrons. The number of carbonyl (C=O) groups is 3. The van der Waals surface area contributed by atoms with Gasteiger partial charge in [0.1, 0.15) is 12.6 Å². The van der Waals surface area contributed by atoms with Gasteiger partial charge in [-0.15, -0.1) is 0 Å². The zero-order valence-electron chi connectivity index (χ0n) is 19.5. The van der Waals surface area contributed by atoms with Gasteiger partial charge in [-0.2, -0.15) is 0 Å². The molecule has 7 nitrogen and oxygen atoms in total. The predicted octanol–water partition coefficient (Wildman–Crippen LogP) is 4.41. The number of carboxylic acids is 1. The number of piperidine rings is 1. The SMILES string of the molecule is CCC[C@H](NC(=O)OCC1c2ccccc2-c2ccccc21)C(=O)N1CCC(CC(=O)O)CC1. The summed E-state index contributed by atoms with van der Waals surface area (Å²) in [6, 6.07) is 15.7. The van der Waals surface area contributed by atoms with Crippen molar-refractivity contribution in [2.75, 3.05) is 19.7 Å². The number of nitrogens with one attached hydrogen (secondary N) is 1. The lowest BCUT2D eigenvalue weighted by Crippen LogP contribution is -2.51. The predicted molar refractivity (Wildman–Crippen MR) is 128 cm³/mol. The number of aliphatic carboxylic acids is 1. The van der Waals surface area contributed by atoms with E-state index in [-0.39, 0.29) is 30.8 Å². The number of benzene rings is 2. The Bertz CT molecular complexity index is 999. The lowest BCUT2D eigenvalue weighted by atomic mass is 9.93. The van der Waals surface area contributed by atoms with Gasteiger partial charge in [-0.25, -0.2) is 4.79 Å². The Kier molecular flexibility index (Phi) is 7.50. The fourth-order valence-electron chi connectivity index (χ4n) is 5.15. The highest BCUT2D eigenvalue weighted by atomic mass is 16.5. The Balaban J connectivity index is 1.35. The third-order valence-electron chi connectivity index (χ3n) is 6.90. The van der Waals surface area contributed by atoms with Gasteiger partial charge in [-0.3, -0.25) is 9.59 Å². The third-order valence-corrected chi connectivity index (χ3v) is 6.90. The second kappa shape index (κ2) is 10.7. The van der Waals surface area contributed by atoms with Crippen molar-refractivity contribution in [2.45, 2.75) is 51.0 Å². The van der Waals surface area contributed by atoms with Crippen molar-refractivity contribution in [1.29, 1.82) is 0 Å². The maximum Gasteiger partial charge on any atom is 0.407 e. The van der Waals surface area contributed by atoms with Gasteiger partial charge in [-0.05, 0) is 47.4 Å². The average molecular weight is 465 g/mol. The van der Waals surface area contributed by atoms with Crippen LogP contribution in [0.15, 0.2) is 48.5 Å². The molecule has 4 rings (SSSR count). The van der Waals surface area contributed by atoms with Crippen LogP contribution in [0.5, 0.6) is 0 Å². The zero-order chi connectivity index (χ0) is 24.1. The van der Waals surface area contributed by atoms with Gasteiger partial charge in [-0.1, -0.05) is 61.9 Å². The van der Waals surface area contributed by atoms with Crippen molar-refractivity contribution in [3.8, 4) is 11.1 Å². The lowest BCUT2D eigenvalue weighted by molar-refractivity contribution is -0.139. The van der Waals surface area contributed by atoms with Crippen molar-refractivity contribution in [3.05, 3.63) is 59.7 Å².